The standard InChI is InChI=1S/C24H22N4O6S/c1-3-31-24(30)21-14(2)20-22(25)27-17(28-23(20)35-21)12-33-19(29)13-32-15-7-6-8-16(11-15)34-18-9-4-5-10-26-18/h4-11H,3,12-13H2,1-2H3,(H2,25,27,28). The van der Waals surface area contributed by atoms with Crippen LogP contribution >= 0.6 is 11.3 Å². The van der Waals surface area contributed by atoms with Gasteiger partial charge in [0.25, 0.3) is 0 Å². The SMILES string of the molecule is CCOC(=O)c1sc2nc(COC(=O)COc3cccc(Oc4ccccn4)c3)nc(N)c2c1C. The third-order valence-electron chi connectivity index (χ3n) is 4.71. The summed E-state index contributed by atoms with van der Waals surface area (Å²) in [5.74, 6) is 0.746. The first-order valence-corrected chi connectivity index (χ1v) is 11.5. The lowest BCUT2D eigenvalue weighted by Crippen LogP contribution is -2.15. The second-order valence-corrected chi connectivity index (χ2v) is 8.18. The molecule has 0 aliphatic carbocycles. The van der Waals surface area contributed by atoms with E-state index in [1.807, 2.05) is 6.07 Å². The number of aromatic nitrogens is 3. The number of nitrogen functional groups attached to an aromatic ring is 1. The highest BCUT2D eigenvalue weighted by Crippen LogP contribution is 2.33. The molecule has 11 heteroatoms. The van der Waals surface area contributed by atoms with Crippen molar-refractivity contribution in [3.8, 4) is 17.4 Å². The second-order valence-electron chi connectivity index (χ2n) is 7.18. The molecule has 4 aromatic rings. The fourth-order valence-electron chi connectivity index (χ4n) is 3.16. The molecule has 0 amide bonds. The Balaban J connectivity index is 1.35. The van der Waals surface area contributed by atoms with Crippen molar-refractivity contribution >= 4 is 39.3 Å². The molecule has 0 aliphatic rings. The highest BCUT2D eigenvalue weighted by molar-refractivity contribution is 7.20. The molecule has 0 radical (unpaired) electrons. The number of thiophene rings is 1. The molecule has 0 atom stereocenters. The zero-order valence-electron chi connectivity index (χ0n) is 19.0. The van der Waals surface area contributed by atoms with Crippen LogP contribution in [0.5, 0.6) is 17.4 Å². The van der Waals surface area contributed by atoms with Crippen LogP contribution in [-0.4, -0.2) is 40.1 Å². The van der Waals surface area contributed by atoms with Gasteiger partial charge in [0.15, 0.2) is 19.0 Å². The quantitative estimate of drug-likeness (QED) is 0.339. The molecular formula is C24H22N4O6S. The van der Waals surface area contributed by atoms with Gasteiger partial charge in [-0.15, -0.1) is 11.3 Å². The lowest BCUT2D eigenvalue weighted by molar-refractivity contribution is -0.147. The van der Waals surface area contributed by atoms with Crippen LogP contribution in [0, 0.1) is 6.92 Å². The van der Waals surface area contributed by atoms with E-state index < -0.39 is 11.9 Å². The Morgan fingerprint density at radius 3 is 2.66 bits per heavy atom. The number of pyridine rings is 1. The number of carbonyl (C=O) groups is 2. The smallest absolute Gasteiger partial charge is 0.348 e. The fraction of sp³-hybridized carbons (Fsp3) is 0.208. The number of aryl methyl sites for hydroxylation is 1. The first kappa shape index (κ1) is 23.9. The van der Waals surface area contributed by atoms with Crippen molar-refractivity contribution in [2.45, 2.75) is 20.5 Å². The van der Waals surface area contributed by atoms with Crippen molar-refractivity contribution in [1.29, 1.82) is 0 Å². The molecule has 0 bridgehead atoms. The van der Waals surface area contributed by atoms with E-state index in [9.17, 15) is 9.59 Å². The van der Waals surface area contributed by atoms with E-state index in [0.29, 0.717) is 38.0 Å². The summed E-state index contributed by atoms with van der Waals surface area (Å²) in [4.78, 5) is 38.0. The normalized spacial score (nSPS) is 10.7. The Labute approximate surface area is 204 Å². The Morgan fingerprint density at radius 2 is 1.89 bits per heavy atom. The molecule has 0 fully saturated rings. The Hall–Kier alpha value is -4.25. The van der Waals surface area contributed by atoms with Gasteiger partial charge in [-0.05, 0) is 37.6 Å². The maximum absolute atomic E-state index is 12.2. The molecule has 0 aliphatic heterocycles. The number of nitrogens with two attached hydrogens (primary N) is 1. The molecule has 1 aromatic carbocycles. The lowest BCUT2D eigenvalue weighted by atomic mass is 10.2. The first-order valence-electron chi connectivity index (χ1n) is 10.6. The molecular weight excluding hydrogens is 472 g/mol. The van der Waals surface area contributed by atoms with Crippen molar-refractivity contribution in [1.82, 2.24) is 15.0 Å². The largest absolute Gasteiger partial charge is 0.482 e. The minimum absolute atomic E-state index is 0.198. The number of fused-ring (bicyclic) bond motifs is 1. The van der Waals surface area contributed by atoms with Gasteiger partial charge in [-0.3, -0.25) is 0 Å². The second kappa shape index (κ2) is 10.8. The van der Waals surface area contributed by atoms with E-state index in [2.05, 4.69) is 15.0 Å². The average Bonchev–Trinajstić information content (AvgIpc) is 3.19. The molecule has 3 aromatic heterocycles. The molecule has 0 saturated heterocycles. The Bertz CT molecular complexity index is 1360. The van der Waals surface area contributed by atoms with Gasteiger partial charge in [0.2, 0.25) is 5.88 Å². The minimum Gasteiger partial charge on any atom is -0.482 e. The zero-order chi connectivity index (χ0) is 24.8. The molecule has 10 nitrogen and oxygen atoms in total. The number of ether oxygens (including phenoxy) is 4. The van der Waals surface area contributed by atoms with Gasteiger partial charge in [-0.1, -0.05) is 12.1 Å². The van der Waals surface area contributed by atoms with Crippen LogP contribution in [0.2, 0.25) is 0 Å². The van der Waals surface area contributed by atoms with Crippen LogP contribution in [0.15, 0.2) is 48.7 Å². The molecule has 0 saturated carbocycles. The minimum atomic E-state index is -0.613. The highest BCUT2D eigenvalue weighted by atomic mass is 32.1. The monoisotopic (exact) mass is 494 g/mol. The lowest BCUT2D eigenvalue weighted by Gasteiger charge is -2.09. The molecule has 0 unspecified atom stereocenters. The van der Waals surface area contributed by atoms with E-state index in [4.69, 9.17) is 24.7 Å². The number of esters is 2. The summed E-state index contributed by atoms with van der Waals surface area (Å²) in [6, 6.07) is 12.1. The van der Waals surface area contributed by atoms with Crippen molar-refractivity contribution < 1.29 is 28.5 Å². The van der Waals surface area contributed by atoms with Crippen LogP contribution in [0.1, 0.15) is 28.0 Å². The Morgan fingerprint density at radius 1 is 1.06 bits per heavy atom. The van der Waals surface area contributed by atoms with Crippen molar-refractivity contribution in [2.75, 3.05) is 18.9 Å². The summed E-state index contributed by atoms with van der Waals surface area (Å²) >= 11 is 1.16. The van der Waals surface area contributed by atoms with Gasteiger partial charge in [0.05, 0.1) is 12.0 Å². The fourth-order valence-corrected chi connectivity index (χ4v) is 4.26. The maximum atomic E-state index is 12.2. The van der Waals surface area contributed by atoms with Gasteiger partial charge in [0, 0.05) is 18.3 Å². The third kappa shape index (κ3) is 5.82. The molecule has 3 heterocycles. The van der Waals surface area contributed by atoms with Gasteiger partial charge in [0.1, 0.15) is 27.0 Å². The molecule has 35 heavy (non-hydrogen) atoms. The number of hydrogen-bond acceptors (Lipinski definition) is 11. The predicted molar refractivity (Wildman–Crippen MR) is 129 cm³/mol. The number of benzene rings is 1. The summed E-state index contributed by atoms with van der Waals surface area (Å²) in [7, 11) is 0. The van der Waals surface area contributed by atoms with Crippen molar-refractivity contribution in [3.63, 3.8) is 0 Å². The third-order valence-corrected chi connectivity index (χ3v) is 5.88. The number of hydrogen-bond donors (Lipinski definition) is 1. The number of carbonyl (C=O) groups excluding carboxylic acids is 2. The van der Waals surface area contributed by atoms with Gasteiger partial charge in [-0.25, -0.2) is 24.5 Å². The van der Waals surface area contributed by atoms with E-state index >= 15 is 0 Å². The molecule has 180 valence electrons. The highest BCUT2D eigenvalue weighted by Gasteiger charge is 2.20. The van der Waals surface area contributed by atoms with Crippen molar-refractivity contribution in [3.05, 3.63) is 64.9 Å². The van der Waals surface area contributed by atoms with Crippen LogP contribution in [0.25, 0.3) is 10.2 Å². The summed E-state index contributed by atoms with van der Waals surface area (Å²) in [6.07, 6.45) is 1.62. The Kier molecular flexibility index (Phi) is 7.36. The van der Waals surface area contributed by atoms with E-state index in [1.54, 1.807) is 56.4 Å². The van der Waals surface area contributed by atoms with Crippen molar-refractivity contribution in [2.24, 2.45) is 0 Å². The summed E-state index contributed by atoms with van der Waals surface area (Å²) in [6.45, 7) is 3.24. The van der Waals surface area contributed by atoms with Crippen LogP contribution in [0.4, 0.5) is 5.82 Å². The maximum Gasteiger partial charge on any atom is 0.348 e. The molecule has 2 N–H and O–H groups in total. The summed E-state index contributed by atoms with van der Waals surface area (Å²) in [5.41, 5.74) is 6.74. The topological polar surface area (TPSA) is 136 Å². The zero-order valence-corrected chi connectivity index (χ0v) is 19.8. The summed E-state index contributed by atoms with van der Waals surface area (Å²) in [5, 5.41) is 0.587. The van der Waals surface area contributed by atoms with E-state index in [-0.39, 0.29) is 31.5 Å². The average molecular weight is 495 g/mol. The first-order chi connectivity index (χ1) is 16.9. The van der Waals surface area contributed by atoms with Crippen LogP contribution < -0.4 is 15.2 Å². The van der Waals surface area contributed by atoms with E-state index in [0.717, 1.165) is 11.3 Å². The predicted octanol–water partition coefficient (Wildman–Crippen LogP) is 4.07. The number of rotatable bonds is 9. The van der Waals surface area contributed by atoms with Crippen LogP contribution in [0.3, 0.4) is 0 Å². The summed E-state index contributed by atoms with van der Waals surface area (Å²) < 4.78 is 21.5. The van der Waals surface area contributed by atoms with Crippen LogP contribution in [-0.2, 0) is 20.9 Å². The van der Waals surface area contributed by atoms with Gasteiger partial charge < -0.3 is 24.7 Å². The molecule has 4 rings (SSSR count). The molecule has 0 spiro atoms. The van der Waals surface area contributed by atoms with Gasteiger partial charge in [-0.2, -0.15) is 0 Å². The van der Waals surface area contributed by atoms with Gasteiger partial charge >= 0.3 is 11.9 Å². The number of anilines is 1. The number of nitrogens with zero attached hydrogens (tertiary/aromatic N) is 3. The van der Waals surface area contributed by atoms with E-state index in [1.165, 1.54) is 0 Å².